The topological polar surface area (TPSA) is 66.0 Å². The first-order valence-electron chi connectivity index (χ1n) is 6.74. The standard InChI is InChI=1S/C18H13FN2O2/c1-22-18-9-13(8-14(10-20)11-21)6-7-17(18)23-12-15-4-2-3-5-16(15)19/h2-9H,12H2,1H3. The molecule has 4 nitrogen and oxygen atoms in total. The van der Waals surface area contributed by atoms with E-state index in [2.05, 4.69) is 0 Å². The maximum atomic E-state index is 13.6. The molecule has 0 aliphatic heterocycles. The summed E-state index contributed by atoms with van der Waals surface area (Å²) in [5.41, 5.74) is 1.07. The van der Waals surface area contributed by atoms with Gasteiger partial charge in [0.1, 0.15) is 30.1 Å². The molecule has 114 valence electrons. The van der Waals surface area contributed by atoms with Crippen molar-refractivity contribution < 1.29 is 13.9 Å². The number of benzene rings is 2. The van der Waals surface area contributed by atoms with Gasteiger partial charge < -0.3 is 9.47 Å². The number of allylic oxidation sites excluding steroid dienone is 1. The third-order valence-corrected chi connectivity index (χ3v) is 3.08. The molecule has 0 amide bonds. The van der Waals surface area contributed by atoms with E-state index in [1.807, 2.05) is 0 Å². The number of rotatable bonds is 5. The molecule has 2 rings (SSSR count). The Morgan fingerprint density at radius 1 is 1.13 bits per heavy atom. The van der Waals surface area contributed by atoms with Crippen molar-refractivity contribution in [2.24, 2.45) is 0 Å². The molecule has 0 aromatic heterocycles. The lowest BCUT2D eigenvalue weighted by Crippen LogP contribution is -2.00. The predicted octanol–water partition coefficient (Wildman–Crippen LogP) is 3.84. The van der Waals surface area contributed by atoms with Crippen LogP contribution in [0.5, 0.6) is 11.5 Å². The van der Waals surface area contributed by atoms with Crippen molar-refractivity contribution in [3.63, 3.8) is 0 Å². The minimum atomic E-state index is -0.335. The molecule has 0 saturated heterocycles. The Kier molecular flexibility index (Phi) is 5.33. The molecular weight excluding hydrogens is 295 g/mol. The number of hydrogen-bond donors (Lipinski definition) is 0. The minimum Gasteiger partial charge on any atom is -0.493 e. The number of methoxy groups -OCH3 is 1. The highest BCUT2D eigenvalue weighted by Crippen LogP contribution is 2.29. The lowest BCUT2D eigenvalue weighted by molar-refractivity contribution is 0.279. The summed E-state index contributed by atoms with van der Waals surface area (Å²) in [6.45, 7) is 0.0693. The summed E-state index contributed by atoms with van der Waals surface area (Å²) in [5, 5.41) is 17.5. The van der Waals surface area contributed by atoms with Crippen molar-refractivity contribution >= 4 is 6.08 Å². The van der Waals surface area contributed by atoms with E-state index in [1.54, 1.807) is 48.5 Å². The average Bonchev–Trinajstić information content (AvgIpc) is 2.59. The van der Waals surface area contributed by atoms with Crippen LogP contribution < -0.4 is 9.47 Å². The van der Waals surface area contributed by atoms with Crippen molar-refractivity contribution in [2.45, 2.75) is 6.61 Å². The Hall–Kier alpha value is -3.31. The fourth-order valence-corrected chi connectivity index (χ4v) is 1.92. The van der Waals surface area contributed by atoms with Crippen LogP contribution in [0.25, 0.3) is 6.08 Å². The number of nitriles is 2. The zero-order valence-corrected chi connectivity index (χ0v) is 12.4. The SMILES string of the molecule is COc1cc(C=C(C#N)C#N)ccc1OCc1ccccc1F. The number of nitrogens with zero attached hydrogens (tertiary/aromatic N) is 2. The van der Waals surface area contributed by atoms with E-state index in [1.165, 1.54) is 19.3 Å². The normalized spacial score (nSPS) is 9.39. The van der Waals surface area contributed by atoms with Crippen LogP contribution in [0.15, 0.2) is 48.0 Å². The largest absolute Gasteiger partial charge is 0.493 e. The van der Waals surface area contributed by atoms with Gasteiger partial charge in [-0.25, -0.2) is 4.39 Å². The Bertz CT molecular complexity index is 801. The molecule has 0 fully saturated rings. The van der Waals surface area contributed by atoms with Crippen LogP contribution in [0.4, 0.5) is 4.39 Å². The summed E-state index contributed by atoms with van der Waals surface area (Å²) in [5.74, 6) is 0.549. The van der Waals surface area contributed by atoms with Crippen molar-refractivity contribution in [3.8, 4) is 23.6 Å². The van der Waals surface area contributed by atoms with Gasteiger partial charge in [-0.1, -0.05) is 24.3 Å². The minimum absolute atomic E-state index is 0.00734. The lowest BCUT2D eigenvalue weighted by atomic mass is 10.1. The molecule has 2 aromatic rings. The van der Waals surface area contributed by atoms with E-state index in [4.69, 9.17) is 20.0 Å². The van der Waals surface area contributed by atoms with Gasteiger partial charge in [0, 0.05) is 5.56 Å². The van der Waals surface area contributed by atoms with Gasteiger partial charge in [-0.2, -0.15) is 10.5 Å². The molecule has 0 N–H and O–H groups in total. The molecular formula is C18H13FN2O2. The summed E-state index contributed by atoms with van der Waals surface area (Å²) in [4.78, 5) is 0. The first-order chi connectivity index (χ1) is 11.2. The molecule has 0 aliphatic rings. The molecule has 0 aliphatic carbocycles. The highest BCUT2D eigenvalue weighted by atomic mass is 19.1. The van der Waals surface area contributed by atoms with Gasteiger partial charge in [-0.15, -0.1) is 0 Å². The summed E-state index contributed by atoms with van der Waals surface area (Å²) in [6, 6.07) is 14.9. The fourth-order valence-electron chi connectivity index (χ4n) is 1.92. The van der Waals surface area contributed by atoms with Crippen LogP contribution in [-0.4, -0.2) is 7.11 Å². The van der Waals surface area contributed by atoms with E-state index >= 15 is 0 Å². The maximum absolute atomic E-state index is 13.6. The predicted molar refractivity (Wildman–Crippen MR) is 82.9 cm³/mol. The van der Waals surface area contributed by atoms with Gasteiger partial charge >= 0.3 is 0 Å². The van der Waals surface area contributed by atoms with Crippen LogP contribution in [0.2, 0.25) is 0 Å². The Balaban J connectivity index is 2.21. The van der Waals surface area contributed by atoms with Crippen molar-refractivity contribution in [3.05, 3.63) is 65.0 Å². The molecule has 23 heavy (non-hydrogen) atoms. The van der Waals surface area contributed by atoms with Gasteiger partial charge in [-0.3, -0.25) is 0 Å². The number of ether oxygens (including phenoxy) is 2. The van der Waals surface area contributed by atoms with Crippen molar-refractivity contribution in [1.82, 2.24) is 0 Å². The zero-order valence-electron chi connectivity index (χ0n) is 12.4. The van der Waals surface area contributed by atoms with E-state index < -0.39 is 0 Å². The molecule has 0 saturated carbocycles. The maximum Gasteiger partial charge on any atom is 0.161 e. The van der Waals surface area contributed by atoms with Gasteiger partial charge in [0.05, 0.1) is 7.11 Å². The summed E-state index contributed by atoms with van der Waals surface area (Å²) >= 11 is 0. The third-order valence-electron chi connectivity index (χ3n) is 3.08. The van der Waals surface area contributed by atoms with Crippen LogP contribution >= 0.6 is 0 Å². The van der Waals surface area contributed by atoms with Gasteiger partial charge in [0.15, 0.2) is 11.5 Å². The molecule has 0 spiro atoms. The molecule has 2 aromatic carbocycles. The molecule has 0 heterocycles. The van der Waals surface area contributed by atoms with Crippen molar-refractivity contribution in [2.75, 3.05) is 7.11 Å². The highest BCUT2D eigenvalue weighted by molar-refractivity contribution is 5.64. The smallest absolute Gasteiger partial charge is 0.161 e. The summed E-state index contributed by atoms with van der Waals surface area (Å²) < 4.78 is 24.4. The van der Waals surface area contributed by atoms with Crippen LogP contribution in [0.3, 0.4) is 0 Å². The van der Waals surface area contributed by atoms with Crippen LogP contribution in [-0.2, 0) is 6.61 Å². The number of halogens is 1. The monoisotopic (exact) mass is 308 g/mol. The Morgan fingerprint density at radius 2 is 1.87 bits per heavy atom. The third kappa shape index (κ3) is 4.09. The average molecular weight is 308 g/mol. The van der Waals surface area contributed by atoms with Gasteiger partial charge in [0.25, 0.3) is 0 Å². The Morgan fingerprint density at radius 3 is 2.52 bits per heavy atom. The lowest BCUT2D eigenvalue weighted by Gasteiger charge is -2.11. The van der Waals surface area contributed by atoms with Crippen LogP contribution in [0.1, 0.15) is 11.1 Å². The second kappa shape index (κ2) is 7.63. The molecule has 0 radical (unpaired) electrons. The van der Waals surface area contributed by atoms with E-state index in [0.29, 0.717) is 22.6 Å². The Labute approximate surface area is 133 Å². The fraction of sp³-hybridized carbons (Fsp3) is 0.111. The summed E-state index contributed by atoms with van der Waals surface area (Å²) in [6.07, 6.45) is 1.45. The molecule has 5 heteroatoms. The molecule has 0 unspecified atom stereocenters. The quantitative estimate of drug-likeness (QED) is 0.787. The van der Waals surface area contributed by atoms with Crippen molar-refractivity contribution in [1.29, 1.82) is 10.5 Å². The van der Waals surface area contributed by atoms with Gasteiger partial charge in [-0.05, 0) is 29.8 Å². The van der Waals surface area contributed by atoms with Crippen LogP contribution in [0, 0.1) is 28.5 Å². The first-order valence-corrected chi connectivity index (χ1v) is 6.74. The summed E-state index contributed by atoms with van der Waals surface area (Å²) in [7, 11) is 1.48. The highest BCUT2D eigenvalue weighted by Gasteiger charge is 2.08. The van der Waals surface area contributed by atoms with E-state index in [9.17, 15) is 4.39 Å². The number of hydrogen-bond acceptors (Lipinski definition) is 4. The first kappa shape index (κ1) is 16.1. The second-order valence-electron chi connectivity index (χ2n) is 4.57. The van der Waals surface area contributed by atoms with Gasteiger partial charge in [0.2, 0.25) is 0 Å². The van der Waals surface area contributed by atoms with E-state index in [-0.39, 0.29) is 18.0 Å². The van der Waals surface area contributed by atoms with E-state index in [0.717, 1.165) is 0 Å². The second-order valence-corrected chi connectivity index (χ2v) is 4.57. The molecule has 0 bridgehead atoms. The zero-order chi connectivity index (χ0) is 16.7. The molecule has 0 atom stereocenters.